The summed E-state index contributed by atoms with van der Waals surface area (Å²) >= 11 is 0. The lowest BCUT2D eigenvalue weighted by Gasteiger charge is -2.21. The highest BCUT2D eigenvalue weighted by Gasteiger charge is 2.22. The number of benzene rings is 1. The highest BCUT2D eigenvalue weighted by Crippen LogP contribution is 2.39. The van der Waals surface area contributed by atoms with E-state index in [4.69, 9.17) is 4.98 Å². The zero-order valence-electron chi connectivity index (χ0n) is 14.2. The van der Waals surface area contributed by atoms with Gasteiger partial charge in [0.2, 0.25) is 0 Å². The molecule has 6 rings (SSSR count). The van der Waals surface area contributed by atoms with Crippen LogP contribution in [-0.4, -0.2) is 25.1 Å². The molecule has 0 amide bonds. The zero-order valence-corrected chi connectivity index (χ0v) is 14.2. The number of aromatic amines is 2. The van der Waals surface area contributed by atoms with Gasteiger partial charge in [0.1, 0.15) is 0 Å². The number of nitrogens with zero attached hydrogens (tertiary/aromatic N) is 3. The van der Waals surface area contributed by atoms with Crippen molar-refractivity contribution in [3.63, 3.8) is 0 Å². The van der Waals surface area contributed by atoms with Gasteiger partial charge < -0.3 is 4.98 Å². The van der Waals surface area contributed by atoms with Crippen molar-refractivity contribution in [2.24, 2.45) is 0 Å². The van der Waals surface area contributed by atoms with Gasteiger partial charge in [0.15, 0.2) is 0 Å². The normalized spacial score (nSPS) is 14.3. The molecular formula is C21H17N5. The minimum absolute atomic E-state index is 0.997. The number of hydrogen-bond acceptors (Lipinski definition) is 3. The molecule has 0 aliphatic heterocycles. The Balaban J connectivity index is 1.75. The van der Waals surface area contributed by atoms with Gasteiger partial charge in [0.05, 0.1) is 34.0 Å². The lowest BCUT2D eigenvalue weighted by atomic mass is 9.86. The van der Waals surface area contributed by atoms with E-state index in [1.165, 1.54) is 34.7 Å². The fraction of sp³-hybridized carbons (Fsp3) is 0.190. The van der Waals surface area contributed by atoms with Crippen LogP contribution in [0.1, 0.15) is 24.0 Å². The third kappa shape index (κ3) is 1.83. The highest BCUT2D eigenvalue weighted by atomic mass is 15.1. The maximum absolute atomic E-state index is 5.11. The molecule has 0 fully saturated rings. The molecule has 0 bridgehead atoms. The van der Waals surface area contributed by atoms with Crippen LogP contribution < -0.4 is 0 Å². The summed E-state index contributed by atoms with van der Waals surface area (Å²) in [5, 5.41) is 9.78. The second-order valence-electron chi connectivity index (χ2n) is 7.02. The molecule has 126 valence electrons. The SMILES string of the molecule is c1cnc2c(-c3nc4ccc5[nH]ncc5c4c4c3CCCC4)c[nH]c2c1. The number of pyridine rings is 2. The van der Waals surface area contributed by atoms with Gasteiger partial charge >= 0.3 is 0 Å². The Bertz CT molecular complexity index is 1290. The maximum atomic E-state index is 5.11. The van der Waals surface area contributed by atoms with Crippen molar-refractivity contribution < 1.29 is 0 Å². The van der Waals surface area contributed by atoms with E-state index in [0.717, 1.165) is 46.2 Å². The van der Waals surface area contributed by atoms with Crippen LogP contribution in [0, 0.1) is 0 Å². The van der Waals surface area contributed by atoms with Crippen molar-refractivity contribution in [1.82, 2.24) is 25.1 Å². The largest absolute Gasteiger partial charge is 0.359 e. The summed E-state index contributed by atoms with van der Waals surface area (Å²) in [4.78, 5) is 13.1. The first kappa shape index (κ1) is 14.0. The molecule has 4 heterocycles. The molecular weight excluding hydrogens is 322 g/mol. The zero-order chi connectivity index (χ0) is 17.1. The molecule has 5 heteroatoms. The van der Waals surface area contributed by atoms with Crippen LogP contribution in [0.4, 0.5) is 0 Å². The Morgan fingerprint density at radius 1 is 0.962 bits per heavy atom. The molecule has 4 aromatic heterocycles. The minimum Gasteiger partial charge on any atom is -0.359 e. The summed E-state index contributed by atoms with van der Waals surface area (Å²) in [7, 11) is 0. The summed E-state index contributed by atoms with van der Waals surface area (Å²) in [6, 6.07) is 8.20. The van der Waals surface area contributed by atoms with Gasteiger partial charge in [-0.2, -0.15) is 5.10 Å². The Morgan fingerprint density at radius 2 is 1.88 bits per heavy atom. The maximum Gasteiger partial charge on any atom is 0.0972 e. The first-order chi connectivity index (χ1) is 12.9. The third-order valence-electron chi connectivity index (χ3n) is 5.58. The molecule has 1 aromatic carbocycles. The van der Waals surface area contributed by atoms with E-state index >= 15 is 0 Å². The fourth-order valence-electron chi connectivity index (χ4n) is 4.40. The van der Waals surface area contributed by atoms with Gasteiger partial charge in [0.25, 0.3) is 0 Å². The van der Waals surface area contributed by atoms with Gasteiger partial charge in [0, 0.05) is 28.7 Å². The van der Waals surface area contributed by atoms with Crippen LogP contribution in [-0.2, 0) is 12.8 Å². The van der Waals surface area contributed by atoms with E-state index in [-0.39, 0.29) is 0 Å². The lowest BCUT2D eigenvalue weighted by molar-refractivity contribution is 0.689. The Morgan fingerprint density at radius 3 is 2.85 bits per heavy atom. The summed E-state index contributed by atoms with van der Waals surface area (Å²) < 4.78 is 0. The minimum atomic E-state index is 0.997. The molecule has 2 N–H and O–H groups in total. The molecule has 5 aromatic rings. The summed E-state index contributed by atoms with van der Waals surface area (Å²) in [5.41, 5.74) is 9.18. The second kappa shape index (κ2) is 5.14. The van der Waals surface area contributed by atoms with Gasteiger partial charge in [-0.1, -0.05) is 0 Å². The van der Waals surface area contributed by atoms with Crippen LogP contribution in [0.25, 0.3) is 44.1 Å². The molecule has 0 spiro atoms. The average molecular weight is 339 g/mol. The highest BCUT2D eigenvalue weighted by molar-refractivity contribution is 6.08. The smallest absolute Gasteiger partial charge is 0.0972 e. The molecule has 0 saturated carbocycles. The Hall–Kier alpha value is -3.21. The first-order valence-corrected chi connectivity index (χ1v) is 9.10. The van der Waals surface area contributed by atoms with Gasteiger partial charge in [-0.25, -0.2) is 4.98 Å². The van der Waals surface area contributed by atoms with E-state index in [1.54, 1.807) is 0 Å². The molecule has 0 radical (unpaired) electrons. The molecule has 1 aliphatic rings. The molecule has 5 nitrogen and oxygen atoms in total. The van der Waals surface area contributed by atoms with Crippen molar-refractivity contribution >= 4 is 32.8 Å². The topological polar surface area (TPSA) is 70.2 Å². The Labute approximate surface area is 149 Å². The summed E-state index contributed by atoms with van der Waals surface area (Å²) in [6.45, 7) is 0. The molecule has 1 aliphatic carbocycles. The number of aryl methyl sites for hydroxylation is 1. The Kier molecular flexibility index (Phi) is 2.77. The average Bonchev–Trinajstić information content (AvgIpc) is 3.34. The van der Waals surface area contributed by atoms with Gasteiger partial charge in [-0.15, -0.1) is 0 Å². The standard InChI is InChI=1S/C21H17N5/c1-2-5-13-12(4-1)19-14-11-24-26-16(14)7-8-17(19)25-20(13)15-10-23-18-6-3-9-22-21(15)18/h3,6-11,23H,1-2,4-5H2,(H,24,26). The third-order valence-corrected chi connectivity index (χ3v) is 5.58. The van der Waals surface area contributed by atoms with E-state index in [1.807, 2.05) is 18.5 Å². The molecule has 0 saturated heterocycles. The number of hydrogen-bond donors (Lipinski definition) is 2. The van der Waals surface area contributed by atoms with Crippen molar-refractivity contribution in [2.75, 3.05) is 0 Å². The van der Waals surface area contributed by atoms with E-state index in [9.17, 15) is 0 Å². The van der Waals surface area contributed by atoms with Crippen LogP contribution in [0.3, 0.4) is 0 Å². The van der Waals surface area contributed by atoms with Gasteiger partial charge in [-0.05, 0) is 61.1 Å². The van der Waals surface area contributed by atoms with Crippen LogP contribution in [0.5, 0.6) is 0 Å². The second-order valence-corrected chi connectivity index (χ2v) is 7.02. The summed E-state index contributed by atoms with van der Waals surface area (Å²) in [6.07, 6.45) is 10.4. The van der Waals surface area contributed by atoms with E-state index in [0.29, 0.717) is 0 Å². The van der Waals surface area contributed by atoms with Crippen LogP contribution >= 0.6 is 0 Å². The van der Waals surface area contributed by atoms with Crippen molar-refractivity contribution in [3.8, 4) is 11.3 Å². The first-order valence-electron chi connectivity index (χ1n) is 9.10. The number of aromatic nitrogens is 5. The van der Waals surface area contributed by atoms with E-state index in [2.05, 4.69) is 44.6 Å². The van der Waals surface area contributed by atoms with Gasteiger partial charge in [-0.3, -0.25) is 10.1 Å². The van der Waals surface area contributed by atoms with Crippen molar-refractivity contribution in [2.45, 2.75) is 25.7 Å². The van der Waals surface area contributed by atoms with E-state index < -0.39 is 0 Å². The lowest BCUT2D eigenvalue weighted by Crippen LogP contribution is -2.07. The van der Waals surface area contributed by atoms with Crippen molar-refractivity contribution in [1.29, 1.82) is 0 Å². The van der Waals surface area contributed by atoms with Crippen LogP contribution in [0.2, 0.25) is 0 Å². The molecule has 26 heavy (non-hydrogen) atoms. The number of nitrogens with one attached hydrogen (secondary N) is 2. The number of rotatable bonds is 1. The number of fused-ring (bicyclic) bond motifs is 6. The molecule has 0 atom stereocenters. The predicted molar refractivity (Wildman–Crippen MR) is 103 cm³/mol. The monoisotopic (exact) mass is 339 g/mol. The number of H-pyrrole nitrogens is 2. The quantitative estimate of drug-likeness (QED) is 0.471. The van der Waals surface area contributed by atoms with Crippen LogP contribution in [0.15, 0.2) is 42.9 Å². The van der Waals surface area contributed by atoms with Crippen molar-refractivity contribution in [3.05, 3.63) is 54.0 Å². The predicted octanol–water partition coefficient (Wildman–Crippen LogP) is 4.53. The summed E-state index contributed by atoms with van der Waals surface area (Å²) in [5.74, 6) is 0. The fourth-order valence-corrected chi connectivity index (χ4v) is 4.40. The molecule has 0 unspecified atom stereocenters.